The van der Waals surface area contributed by atoms with E-state index in [2.05, 4.69) is 22.1 Å². The zero-order valence-corrected chi connectivity index (χ0v) is 12.4. The zero-order chi connectivity index (χ0) is 13.2. The van der Waals surface area contributed by atoms with E-state index in [-0.39, 0.29) is 0 Å². The number of aromatic nitrogens is 4. The largest absolute Gasteiger partial charge is 0.410 e. The molecule has 0 aliphatic heterocycles. The second kappa shape index (κ2) is 5.34. The first-order chi connectivity index (χ1) is 9.29. The molecule has 0 atom stereocenters. The van der Waals surface area contributed by atoms with Crippen LogP contribution in [0.1, 0.15) is 25.5 Å². The van der Waals surface area contributed by atoms with Crippen molar-refractivity contribution in [2.75, 3.05) is 5.75 Å². The van der Waals surface area contributed by atoms with Crippen LogP contribution < -0.4 is 0 Å². The van der Waals surface area contributed by atoms with E-state index in [9.17, 15) is 0 Å². The SMILES string of the molecule is CCCCSc1nnc(-c2c(C)nc3sccn23)o1. The molecule has 0 unspecified atom stereocenters. The van der Waals surface area contributed by atoms with E-state index >= 15 is 0 Å². The first-order valence-corrected chi connectivity index (χ1v) is 8.05. The lowest BCUT2D eigenvalue weighted by atomic mass is 10.3. The van der Waals surface area contributed by atoms with Gasteiger partial charge >= 0.3 is 0 Å². The van der Waals surface area contributed by atoms with Crippen LogP contribution in [0.2, 0.25) is 0 Å². The molecule has 19 heavy (non-hydrogen) atoms. The predicted octanol–water partition coefficient (Wildman–Crippen LogP) is 3.65. The van der Waals surface area contributed by atoms with Crippen LogP contribution in [0, 0.1) is 6.92 Å². The maximum absolute atomic E-state index is 5.72. The fourth-order valence-corrected chi connectivity index (χ4v) is 3.42. The monoisotopic (exact) mass is 294 g/mol. The lowest BCUT2D eigenvalue weighted by Crippen LogP contribution is -1.86. The summed E-state index contributed by atoms with van der Waals surface area (Å²) in [7, 11) is 0. The highest BCUT2D eigenvalue weighted by atomic mass is 32.2. The molecule has 3 aromatic heterocycles. The fraction of sp³-hybridized carbons (Fsp3) is 0.417. The molecule has 3 heterocycles. The summed E-state index contributed by atoms with van der Waals surface area (Å²) in [6.45, 7) is 4.13. The van der Waals surface area contributed by atoms with Gasteiger partial charge in [0.15, 0.2) is 4.96 Å². The summed E-state index contributed by atoms with van der Waals surface area (Å²) in [5.74, 6) is 1.56. The van der Waals surface area contributed by atoms with Crippen LogP contribution in [0.25, 0.3) is 16.5 Å². The third-order valence-corrected chi connectivity index (χ3v) is 4.43. The molecule has 7 heteroatoms. The molecule has 0 fully saturated rings. The summed E-state index contributed by atoms with van der Waals surface area (Å²) in [6.07, 6.45) is 4.30. The normalized spacial score (nSPS) is 11.5. The Bertz CT molecular complexity index is 685. The van der Waals surface area contributed by atoms with Gasteiger partial charge in [-0.1, -0.05) is 25.1 Å². The van der Waals surface area contributed by atoms with Crippen LogP contribution in [0.15, 0.2) is 21.2 Å². The van der Waals surface area contributed by atoms with E-state index in [0.717, 1.165) is 28.5 Å². The molecule has 0 spiro atoms. The van der Waals surface area contributed by atoms with E-state index < -0.39 is 0 Å². The molecule has 0 saturated carbocycles. The maximum Gasteiger partial charge on any atom is 0.276 e. The smallest absolute Gasteiger partial charge is 0.276 e. The lowest BCUT2D eigenvalue weighted by molar-refractivity contribution is 0.464. The second-order valence-corrected chi connectivity index (χ2v) is 6.10. The third-order valence-electron chi connectivity index (χ3n) is 2.77. The summed E-state index contributed by atoms with van der Waals surface area (Å²) in [5.41, 5.74) is 1.81. The minimum Gasteiger partial charge on any atom is -0.410 e. The molecule has 3 rings (SSSR count). The van der Waals surface area contributed by atoms with Gasteiger partial charge in [-0.25, -0.2) is 4.98 Å². The minimum atomic E-state index is 0.544. The Morgan fingerprint density at radius 3 is 3.16 bits per heavy atom. The Kier molecular flexibility index (Phi) is 3.56. The molecule has 3 aromatic rings. The Morgan fingerprint density at radius 1 is 1.42 bits per heavy atom. The van der Waals surface area contributed by atoms with Gasteiger partial charge in [-0.2, -0.15) is 0 Å². The predicted molar refractivity (Wildman–Crippen MR) is 76.7 cm³/mol. The number of imidazole rings is 1. The topological polar surface area (TPSA) is 56.2 Å². The van der Waals surface area contributed by atoms with E-state index in [4.69, 9.17) is 4.42 Å². The van der Waals surface area contributed by atoms with Gasteiger partial charge in [0.05, 0.1) is 5.69 Å². The van der Waals surface area contributed by atoms with Gasteiger partial charge in [0.1, 0.15) is 5.69 Å². The van der Waals surface area contributed by atoms with Gasteiger partial charge in [-0.3, -0.25) is 4.40 Å². The molecule has 0 bridgehead atoms. The summed E-state index contributed by atoms with van der Waals surface area (Å²) in [4.78, 5) is 5.43. The average Bonchev–Trinajstić information content (AvgIpc) is 3.05. The van der Waals surface area contributed by atoms with Gasteiger partial charge in [-0.05, 0) is 13.3 Å². The van der Waals surface area contributed by atoms with Crippen LogP contribution in [0.5, 0.6) is 0 Å². The van der Waals surface area contributed by atoms with Gasteiger partial charge in [0.25, 0.3) is 11.1 Å². The highest BCUT2D eigenvalue weighted by Crippen LogP contribution is 2.28. The van der Waals surface area contributed by atoms with Crippen molar-refractivity contribution in [3.05, 3.63) is 17.3 Å². The number of thiazole rings is 1. The Morgan fingerprint density at radius 2 is 2.32 bits per heavy atom. The van der Waals surface area contributed by atoms with E-state index in [0.29, 0.717) is 11.1 Å². The van der Waals surface area contributed by atoms with Crippen molar-refractivity contribution in [3.8, 4) is 11.6 Å². The molecule has 0 amide bonds. The van der Waals surface area contributed by atoms with Crippen molar-refractivity contribution in [1.82, 2.24) is 19.6 Å². The molecular formula is C12H14N4OS2. The molecule has 0 saturated heterocycles. The summed E-state index contributed by atoms with van der Waals surface area (Å²) in [5, 5.41) is 10.9. The van der Waals surface area contributed by atoms with Crippen LogP contribution in [0.4, 0.5) is 0 Å². The quantitative estimate of drug-likeness (QED) is 0.531. The van der Waals surface area contributed by atoms with Crippen LogP contribution >= 0.6 is 23.1 Å². The van der Waals surface area contributed by atoms with Gasteiger partial charge in [0, 0.05) is 17.3 Å². The highest BCUT2D eigenvalue weighted by Gasteiger charge is 2.17. The van der Waals surface area contributed by atoms with Crippen LogP contribution in [-0.4, -0.2) is 25.3 Å². The number of aryl methyl sites for hydroxylation is 1. The van der Waals surface area contributed by atoms with Gasteiger partial charge in [0.2, 0.25) is 0 Å². The Labute approximate surface area is 119 Å². The van der Waals surface area contributed by atoms with Crippen molar-refractivity contribution in [2.24, 2.45) is 0 Å². The highest BCUT2D eigenvalue weighted by molar-refractivity contribution is 7.99. The molecule has 0 aromatic carbocycles. The van der Waals surface area contributed by atoms with Crippen molar-refractivity contribution in [2.45, 2.75) is 31.9 Å². The van der Waals surface area contributed by atoms with Crippen molar-refractivity contribution in [3.63, 3.8) is 0 Å². The Balaban J connectivity index is 1.89. The van der Waals surface area contributed by atoms with Gasteiger partial charge in [-0.15, -0.1) is 21.5 Å². The Hall–Kier alpha value is -1.34. The summed E-state index contributed by atoms with van der Waals surface area (Å²) < 4.78 is 7.71. The van der Waals surface area contributed by atoms with E-state index in [1.54, 1.807) is 23.1 Å². The summed E-state index contributed by atoms with van der Waals surface area (Å²) >= 11 is 3.21. The van der Waals surface area contributed by atoms with Crippen LogP contribution in [0.3, 0.4) is 0 Å². The number of hydrogen-bond donors (Lipinski definition) is 0. The molecular weight excluding hydrogens is 280 g/mol. The molecule has 0 N–H and O–H groups in total. The first kappa shape index (κ1) is 12.7. The molecule has 0 radical (unpaired) electrons. The number of hydrogen-bond acceptors (Lipinski definition) is 6. The molecule has 5 nitrogen and oxygen atoms in total. The van der Waals surface area contributed by atoms with Crippen molar-refractivity contribution >= 4 is 28.1 Å². The maximum atomic E-state index is 5.72. The molecule has 0 aliphatic rings. The van der Waals surface area contributed by atoms with E-state index in [1.807, 2.05) is 22.9 Å². The summed E-state index contributed by atoms with van der Waals surface area (Å²) in [6, 6.07) is 0. The number of nitrogens with zero attached hydrogens (tertiary/aromatic N) is 4. The average molecular weight is 294 g/mol. The first-order valence-electron chi connectivity index (χ1n) is 6.18. The zero-order valence-electron chi connectivity index (χ0n) is 10.8. The number of fused-ring (bicyclic) bond motifs is 1. The number of thioether (sulfide) groups is 1. The van der Waals surface area contributed by atoms with Crippen molar-refractivity contribution < 1.29 is 4.42 Å². The third kappa shape index (κ3) is 2.40. The molecule has 100 valence electrons. The number of rotatable bonds is 5. The fourth-order valence-electron chi connectivity index (χ4n) is 1.82. The molecule has 0 aliphatic carbocycles. The van der Waals surface area contributed by atoms with Crippen molar-refractivity contribution in [1.29, 1.82) is 0 Å². The number of unbranched alkanes of at least 4 members (excludes halogenated alkanes) is 1. The van der Waals surface area contributed by atoms with Crippen LogP contribution in [-0.2, 0) is 0 Å². The minimum absolute atomic E-state index is 0.544. The second-order valence-electron chi connectivity index (χ2n) is 4.18. The lowest BCUT2D eigenvalue weighted by Gasteiger charge is -1.94. The van der Waals surface area contributed by atoms with Gasteiger partial charge < -0.3 is 4.42 Å². The van der Waals surface area contributed by atoms with E-state index in [1.165, 1.54) is 6.42 Å². The standard InChI is InChI=1S/C12H14N4OS2/c1-3-4-6-19-12-15-14-10(17-12)9-8(2)13-11-16(9)5-7-18-11/h5,7H,3-4,6H2,1-2H3.